The van der Waals surface area contributed by atoms with Crippen molar-refractivity contribution in [3.63, 3.8) is 0 Å². The van der Waals surface area contributed by atoms with Crippen LogP contribution in [0.1, 0.15) is 25.7 Å². The maximum Gasteiger partial charge on any atom is 0.692 e. The van der Waals surface area contributed by atoms with Gasteiger partial charge in [-0.05, 0) is 25.9 Å². The van der Waals surface area contributed by atoms with Crippen LogP contribution in [0.5, 0.6) is 0 Å². The van der Waals surface area contributed by atoms with Crippen LogP contribution in [0.3, 0.4) is 0 Å². The minimum absolute atomic E-state index is 0.824. The summed E-state index contributed by atoms with van der Waals surface area (Å²) in [6.45, 7) is 25.6. The van der Waals surface area contributed by atoms with Crippen LogP contribution >= 0.6 is 8.25 Å². The van der Waals surface area contributed by atoms with Crippen LogP contribution in [0.25, 0.3) is 0 Å². The molecule has 0 aromatic heterocycles. The second kappa shape index (κ2) is 81.9. The Morgan fingerprint density at radius 1 is 0.650 bits per heavy atom. The minimum Gasteiger partial charge on any atom is -0.330 e. The quantitative estimate of drug-likeness (QED) is 0.354. The molecule has 0 saturated carbocycles. The van der Waals surface area contributed by atoms with Crippen molar-refractivity contribution in [2.45, 2.75) is 25.7 Å². The van der Waals surface area contributed by atoms with Crippen molar-refractivity contribution >= 4 is 8.25 Å². The number of hydrogen-bond acceptors (Lipinski definition) is 3. The van der Waals surface area contributed by atoms with Crippen LogP contribution in [0.2, 0.25) is 0 Å². The molecule has 0 amide bonds. The Kier molecular flexibility index (Phi) is 149. The number of hydrogen-bond donors (Lipinski definition) is 4. The van der Waals surface area contributed by atoms with Gasteiger partial charge in [-0.2, -0.15) is 0 Å². The topological polar surface area (TPSA) is 110 Å². The summed E-state index contributed by atoms with van der Waals surface area (Å²) in [5, 5.41) is 0. The summed E-state index contributed by atoms with van der Waals surface area (Å²) >= 11 is 0. The number of unbranched alkanes of at least 4 members (excludes halogenated alkanes) is 3. The van der Waals surface area contributed by atoms with Gasteiger partial charge in [-0.25, -0.2) is 0 Å². The first kappa shape index (κ1) is 36.4. The van der Waals surface area contributed by atoms with E-state index in [1.54, 1.807) is 0 Å². The summed E-state index contributed by atoms with van der Waals surface area (Å²) in [5.41, 5.74) is 10.6. The van der Waals surface area contributed by atoms with E-state index < -0.39 is 8.25 Å². The Balaban J connectivity index is -0.0000000348. The highest BCUT2D eigenvalue weighted by Gasteiger charge is 1.93. The van der Waals surface area contributed by atoms with Gasteiger partial charge >= 0.3 is 8.25 Å². The first-order valence-electron chi connectivity index (χ1n) is 5.90. The Morgan fingerprint density at radius 2 is 0.800 bits per heavy atom. The zero-order valence-electron chi connectivity index (χ0n) is 12.8. The third-order valence-corrected chi connectivity index (χ3v) is 1.16. The molecule has 0 aliphatic carbocycles. The second-order valence-corrected chi connectivity index (χ2v) is 2.75. The van der Waals surface area contributed by atoms with Crippen LogP contribution in [0, 0.1) is 0 Å². The first-order chi connectivity index (χ1) is 9.65. The average molecular weight is 309 g/mol. The molecule has 0 unspecified atom stereocenters. The molecule has 0 rings (SSSR count). The molecule has 0 radical (unpaired) electrons. The first-order valence-corrected chi connectivity index (χ1v) is 7.06. The lowest BCUT2D eigenvalue weighted by molar-refractivity contribution is 0.405. The molecule has 0 aliphatic rings. The van der Waals surface area contributed by atoms with Crippen LogP contribution in [-0.2, 0) is 4.57 Å². The molecule has 0 heterocycles. The average Bonchev–Trinajstić information content (AvgIpc) is 2.51. The monoisotopic (exact) mass is 309 g/mol. The molecule has 0 bridgehead atoms. The maximum absolute atomic E-state index is 8.70. The Hall–Kier alpha value is -1.10. The minimum atomic E-state index is -2.87. The van der Waals surface area contributed by atoms with Gasteiger partial charge in [0.25, 0.3) is 0 Å². The number of nitrogens with two attached hydrogens (primary N) is 2. The predicted octanol–water partition coefficient (Wildman–Crippen LogP) is 3.30. The highest BCUT2D eigenvalue weighted by molar-refractivity contribution is 7.30. The van der Waals surface area contributed by atoms with Gasteiger partial charge in [0, 0.05) is 4.57 Å². The van der Waals surface area contributed by atoms with Gasteiger partial charge in [0.1, 0.15) is 0 Å². The third-order valence-electron chi connectivity index (χ3n) is 1.16. The Bertz CT molecular complexity index is 132. The van der Waals surface area contributed by atoms with Gasteiger partial charge < -0.3 is 11.5 Å². The molecule has 6 heteroatoms. The second-order valence-electron chi connectivity index (χ2n) is 2.24. The SMILES string of the molecule is C=C.C=C.C=C.C=C.NCCCCCCN.O=[P+](O)O. The van der Waals surface area contributed by atoms with Crippen molar-refractivity contribution < 1.29 is 14.4 Å². The molecule has 5 nitrogen and oxygen atoms in total. The Morgan fingerprint density at radius 3 is 0.900 bits per heavy atom. The highest BCUT2D eigenvalue weighted by atomic mass is 31.1. The van der Waals surface area contributed by atoms with E-state index in [0.29, 0.717) is 0 Å². The molecule has 122 valence electrons. The zero-order chi connectivity index (χ0) is 17.8. The van der Waals surface area contributed by atoms with Gasteiger partial charge in [-0.1, -0.05) is 12.8 Å². The van der Waals surface area contributed by atoms with E-state index in [-0.39, 0.29) is 0 Å². The fraction of sp³-hybridized carbons (Fsp3) is 0.429. The molecular formula is C14H34N2O3P+. The van der Waals surface area contributed by atoms with Gasteiger partial charge in [0.15, 0.2) is 0 Å². The summed E-state index contributed by atoms with van der Waals surface area (Å²) in [4.78, 5) is 14.2. The molecular weight excluding hydrogens is 275 g/mol. The van der Waals surface area contributed by atoms with E-state index in [4.69, 9.17) is 25.8 Å². The van der Waals surface area contributed by atoms with E-state index in [9.17, 15) is 0 Å². The summed E-state index contributed by atoms with van der Waals surface area (Å²) in [6.07, 6.45) is 4.79. The van der Waals surface area contributed by atoms with E-state index in [0.717, 1.165) is 25.9 Å². The predicted molar refractivity (Wildman–Crippen MR) is 93.6 cm³/mol. The van der Waals surface area contributed by atoms with Gasteiger partial charge in [-0.3, -0.25) is 0 Å². The molecule has 0 spiro atoms. The third kappa shape index (κ3) is 281. The van der Waals surface area contributed by atoms with Crippen molar-refractivity contribution in [2.75, 3.05) is 13.1 Å². The highest BCUT2D eigenvalue weighted by Crippen LogP contribution is 1.98. The largest absolute Gasteiger partial charge is 0.692 e. The van der Waals surface area contributed by atoms with Crippen molar-refractivity contribution in [3.8, 4) is 0 Å². The fourth-order valence-corrected chi connectivity index (χ4v) is 0.642. The normalized spacial score (nSPS) is 6.00. The van der Waals surface area contributed by atoms with Gasteiger partial charge in [0.05, 0.1) is 0 Å². The lowest BCUT2D eigenvalue weighted by atomic mass is 10.2. The molecule has 0 saturated heterocycles. The standard InChI is InChI=1S/C6H16N2.4C2H4.HO3P/c7-5-3-1-2-4-6-8;4*1-2;1-4(2)3/h1-8H2;4*1-2H2;(H-,1,2,3)/p+1. The fourth-order valence-electron chi connectivity index (χ4n) is 0.642. The van der Waals surface area contributed by atoms with Crippen molar-refractivity contribution in [2.24, 2.45) is 11.5 Å². The van der Waals surface area contributed by atoms with Crippen LogP contribution in [0.15, 0.2) is 52.6 Å². The molecule has 0 aliphatic heterocycles. The van der Waals surface area contributed by atoms with E-state index in [1.165, 1.54) is 12.8 Å². The maximum atomic E-state index is 8.70. The summed E-state index contributed by atoms with van der Waals surface area (Å²) in [5.74, 6) is 0. The lowest BCUT2D eigenvalue weighted by Gasteiger charge is -1.94. The van der Waals surface area contributed by atoms with Crippen LogP contribution in [-0.4, -0.2) is 22.9 Å². The van der Waals surface area contributed by atoms with Crippen LogP contribution < -0.4 is 11.5 Å². The molecule has 0 atom stereocenters. The Labute approximate surface area is 126 Å². The summed E-state index contributed by atoms with van der Waals surface area (Å²) in [6, 6.07) is 0. The molecule has 0 fully saturated rings. The van der Waals surface area contributed by atoms with Crippen molar-refractivity contribution in [1.29, 1.82) is 0 Å². The summed E-state index contributed by atoms with van der Waals surface area (Å²) in [7, 11) is -2.87. The van der Waals surface area contributed by atoms with Gasteiger partial charge in [0.2, 0.25) is 0 Å². The smallest absolute Gasteiger partial charge is 0.330 e. The lowest BCUT2D eigenvalue weighted by Crippen LogP contribution is -2.00. The van der Waals surface area contributed by atoms with Crippen molar-refractivity contribution in [3.05, 3.63) is 52.6 Å². The summed E-state index contributed by atoms with van der Waals surface area (Å²) < 4.78 is 8.70. The van der Waals surface area contributed by atoms with Gasteiger partial charge in [-0.15, -0.1) is 62.4 Å². The van der Waals surface area contributed by atoms with Crippen molar-refractivity contribution in [1.82, 2.24) is 0 Å². The van der Waals surface area contributed by atoms with Crippen LogP contribution in [0.4, 0.5) is 0 Å². The zero-order valence-corrected chi connectivity index (χ0v) is 13.7. The van der Waals surface area contributed by atoms with E-state index >= 15 is 0 Å². The molecule has 6 N–H and O–H groups in total. The van der Waals surface area contributed by atoms with E-state index in [2.05, 4.69) is 52.6 Å². The molecule has 0 aromatic carbocycles. The van der Waals surface area contributed by atoms with E-state index in [1.807, 2.05) is 0 Å². The number of rotatable bonds is 5. The molecule has 20 heavy (non-hydrogen) atoms. The molecule has 0 aromatic rings.